The van der Waals surface area contributed by atoms with Gasteiger partial charge in [0.15, 0.2) is 0 Å². The van der Waals surface area contributed by atoms with Gasteiger partial charge in [-0.15, -0.1) is 0 Å². The second-order valence-corrected chi connectivity index (χ2v) is 4.98. The van der Waals surface area contributed by atoms with E-state index in [9.17, 15) is 0 Å². The Bertz CT molecular complexity index is 479. The number of benzene rings is 1. The van der Waals surface area contributed by atoms with E-state index in [4.69, 9.17) is 5.11 Å². The van der Waals surface area contributed by atoms with Crippen LogP contribution in [0, 0.1) is 5.92 Å². The maximum absolute atomic E-state index is 9.01. The van der Waals surface area contributed by atoms with Crippen LogP contribution in [0.1, 0.15) is 25.5 Å². The van der Waals surface area contributed by atoms with E-state index in [-0.39, 0.29) is 18.6 Å². The molecule has 0 aliphatic rings. The summed E-state index contributed by atoms with van der Waals surface area (Å²) in [6.45, 7) is 5.21. The predicted molar refractivity (Wildman–Crippen MR) is 76.2 cm³/mol. The molecule has 2 N–H and O–H groups in total. The highest BCUT2D eigenvalue weighted by Gasteiger charge is 2.07. The van der Waals surface area contributed by atoms with Crippen molar-refractivity contribution in [2.45, 2.75) is 19.9 Å². The molecule has 4 nitrogen and oxygen atoms in total. The number of imidazole rings is 1. The zero-order chi connectivity index (χ0) is 13.7. The first kappa shape index (κ1) is 13.8. The maximum atomic E-state index is 9.01. The summed E-state index contributed by atoms with van der Waals surface area (Å²) >= 11 is 0. The molecule has 19 heavy (non-hydrogen) atoms. The molecule has 2 unspecified atom stereocenters. The largest absolute Gasteiger partial charge is 0.396 e. The Morgan fingerprint density at radius 2 is 2.00 bits per heavy atom. The smallest absolute Gasteiger partial charge is 0.0991 e. The zero-order valence-corrected chi connectivity index (χ0v) is 11.5. The molecule has 0 amide bonds. The van der Waals surface area contributed by atoms with Crippen LogP contribution < -0.4 is 5.32 Å². The summed E-state index contributed by atoms with van der Waals surface area (Å²) in [5.74, 6) is 0.285. The van der Waals surface area contributed by atoms with E-state index >= 15 is 0 Å². The average Bonchev–Trinajstić information content (AvgIpc) is 2.98. The number of hydrogen-bond acceptors (Lipinski definition) is 3. The topological polar surface area (TPSA) is 50.1 Å². The molecule has 0 spiro atoms. The van der Waals surface area contributed by atoms with Crippen LogP contribution in [0.4, 0.5) is 0 Å². The summed E-state index contributed by atoms with van der Waals surface area (Å²) in [5, 5.41) is 12.4. The van der Waals surface area contributed by atoms with Gasteiger partial charge < -0.3 is 15.0 Å². The van der Waals surface area contributed by atoms with Crippen LogP contribution in [0.15, 0.2) is 43.0 Å². The molecule has 102 valence electrons. The van der Waals surface area contributed by atoms with Gasteiger partial charge in [0, 0.05) is 37.3 Å². The van der Waals surface area contributed by atoms with Gasteiger partial charge in [-0.3, -0.25) is 0 Å². The summed E-state index contributed by atoms with van der Waals surface area (Å²) in [5.41, 5.74) is 2.35. The third-order valence-corrected chi connectivity index (χ3v) is 3.28. The number of aliphatic hydroxyl groups excluding tert-OH is 1. The molecule has 1 aromatic carbocycles. The zero-order valence-electron chi connectivity index (χ0n) is 11.5. The Labute approximate surface area is 114 Å². The van der Waals surface area contributed by atoms with Crippen molar-refractivity contribution in [3.05, 3.63) is 48.5 Å². The highest BCUT2D eigenvalue weighted by molar-refractivity contribution is 5.35. The first-order valence-electron chi connectivity index (χ1n) is 6.63. The van der Waals surface area contributed by atoms with Gasteiger partial charge in [-0.1, -0.05) is 19.1 Å². The third kappa shape index (κ3) is 3.66. The van der Waals surface area contributed by atoms with Crippen LogP contribution in [0.25, 0.3) is 5.69 Å². The molecule has 0 saturated carbocycles. The Morgan fingerprint density at radius 3 is 2.58 bits per heavy atom. The maximum Gasteiger partial charge on any atom is 0.0991 e. The van der Waals surface area contributed by atoms with Gasteiger partial charge in [0.05, 0.1) is 6.33 Å². The molecule has 1 heterocycles. The number of nitrogens with one attached hydrogen (secondary N) is 1. The molecule has 4 heteroatoms. The van der Waals surface area contributed by atoms with E-state index in [0.717, 1.165) is 12.2 Å². The molecule has 2 aromatic rings. The quantitative estimate of drug-likeness (QED) is 0.835. The fourth-order valence-electron chi connectivity index (χ4n) is 1.91. The van der Waals surface area contributed by atoms with E-state index < -0.39 is 0 Å². The first-order chi connectivity index (χ1) is 9.20. The molecule has 0 fully saturated rings. The Kier molecular flexibility index (Phi) is 4.71. The van der Waals surface area contributed by atoms with Crippen LogP contribution >= 0.6 is 0 Å². The highest BCUT2D eigenvalue weighted by Crippen LogP contribution is 2.15. The molecular formula is C15H21N3O. The van der Waals surface area contributed by atoms with Gasteiger partial charge in [-0.2, -0.15) is 0 Å². The van der Waals surface area contributed by atoms with E-state index in [1.54, 1.807) is 12.5 Å². The number of aromatic nitrogens is 2. The highest BCUT2D eigenvalue weighted by atomic mass is 16.3. The Morgan fingerprint density at radius 1 is 1.26 bits per heavy atom. The molecular weight excluding hydrogens is 238 g/mol. The van der Waals surface area contributed by atoms with Crippen molar-refractivity contribution >= 4 is 0 Å². The standard InChI is InChI=1S/C15H21N3O/c1-12(10-19)9-17-13(2)14-3-5-15(6-4-14)18-8-7-16-11-18/h3-8,11-13,17,19H,9-10H2,1-2H3. The molecule has 0 saturated heterocycles. The van der Waals surface area contributed by atoms with E-state index in [1.807, 2.05) is 17.7 Å². The minimum Gasteiger partial charge on any atom is -0.396 e. The number of hydrogen-bond donors (Lipinski definition) is 2. The second kappa shape index (κ2) is 6.50. The van der Waals surface area contributed by atoms with Crippen LogP contribution in [0.5, 0.6) is 0 Å². The molecule has 2 rings (SSSR count). The Hall–Kier alpha value is -1.65. The lowest BCUT2D eigenvalue weighted by molar-refractivity contribution is 0.231. The van der Waals surface area contributed by atoms with Gasteiger partial charge in [-0.25, -0.2) is 4.98 Å². The van der Waals surface area contributed by atoms with Crippen LogP contribution in [-0.2, 0) is 0 Å². The molecule has 0 aliphatic carbocycles. The minimum atomic E-state index is 0.222. The lowest BCUT2D eigenvalue weighted by atomic mass is 10.1. The summed E-state index contributed by atoms with van der Waals surface area (Å²) in [4.78, 5) is 4.04. The number of aliphatic hydroxyl groups is 1. The number of nitrogens with zero attached hydrogens (tertiary/aromatic N) is 2. The van der Waals surface area contributed by atoms with E-state index in [1.165, 1.54) is 5.56 Å². The van der Waals surface area contributed by atoms with Gasteiger partial charge >= 0.3 is 0 Å². The number of rotatable bonds is 6. The SMILES string of the molecule is CC(CO)CNC(C)c1ccc(-n2ccnc2)cc1. The van der Waals surface area contributed by atoms with Gasteiger partial charge in [0.1, 0.15) is 0 Å². The van der Waals surface area contributed by atoms with Crippen molar-refractivity contribution in [1.82, 2.24) is 14.9 Å². The van der Waals surface area contributed by atoms with Crippen molar-refractivity contribution in [2.75, 3.05) is 13.2 Å². The average molecular weight is 259 g/mol. The van der Waals surface area contributed by atoms with Crippen molar-refractivity contribution in [1.29, 1.82) is 0 Å². The van der Waals surface area contributed by atoms with Gasteiger partial charge in [0.2, 0.25) is 0 Å². The lowest BCUT2D eigenvalue weighted by Gasteiger charge is -2.17. The third-order valence-electron chi connectivity index (χ3n) is 3.28. The Balaban J connectivity index is 1.98. The van der Waals surface area contributed by atoms with Gasteiger partial charge in [0.25, 0.3) is 0 Å². The minimum absolute atomic E-state index is 0.222. The second-order valence-electron chi connectivity index (χ2n) is 4.98. The van der Waals surface area contributed by atoms with Crippen molar-refractivity contribution in [3.8, 4) is 5.69 Å². The normalized spacial score (nSPS) is 14.3. The van der Waals surface area contributed by atoms with Crippen LogP contribution in [0.3, 0.4) is 0 Å². The molecule has 2 atom stereocenters. The van der Waals surface area contributed by atoms with Crippen molar-refractivity contribution in [3.63, 3.8) is 0 Å². The predicted octanol–water partition coefficient (Wildman–Crippen LogP) is 2.15. The molecule has 0 radical (unpaired) electrons. The summed E-state index contributed by atoms with van der Waals surface area (Å²) in [6, 6.07) is 8.70. The lowest BCUT2D eigenvalue weighted by Crippen LogP contribution is -2.26. The van der Waals surface area contributed by atoms with E-state index in [0.29, 0.717) is 0 Å². The monoisotopic (exact) mass is 259 g/mol. The molecule has 0 aliphatic heterocycles. The van der Waals surface area contributed by atoms with Crippen molar-refractivity contribution in [2.24, 2.45) is 5.92 Å². The van der Waals surface area contributed by atoms with Gasteiger partial charge in [-0.05, 0) is 30.5 Å². The first-order valence-corrected chi connectivity index (χ1v) is 6.63. The van der Waals surface area contributed by atoms with E-state index in [2.05, 4.69) is 41.5 Å². The van der Waals surface area contributed by atoms with Crippen molar-refractivity contribution < 1.29 is 5.11 Å². The fraction of sp³-hybridized carbons (Fsp3) is 0.400. The molecule has 0 bridgehead atoms. The fourth-order valence-corrected chi connectivity index (χ4v) is 1.91. The summed E-state index contributed by atoms with van der Waals surface area (Å²) in [6.07, 6.45) is 5.49. The molecule has 1 aromatic heterocycles. The van der Waals surface area contributed by atoms with Crippen LogP contribution in [-0.4, -0.2) is 27.8 Å². The summed E-state index contributed by atoms with van der Waals surface area (Å²) < 4.78 is 1.98. The van der Waals surface area contributed by atoms with Crippen LogP contribution in [0.2, 0.25) is 0 Å². The summed E-state index contributed by atoms with van der Waals surface area (Å²) in [7, 11) is 0.